The Hall–Kier alpha value is -2.07. The number of nitrogens with zero attached hydrogens (tertiary/aromatic N) is 3. The maximum Gasteiger partial charge on any atom is 0.351 e. The molecule has 1 aromatic heterocycles. The third-order valence-corrected chi connectivity index (χ3v) is 4.26. The van der Waals surface area contributed by atoms with Gasteiger partial charge in [-0.15, -0.1) is 11.3 Å². The highest BCUT2D eigenvalue weighted by Crippen LogP contribution is 1.97. The Morgan fingerprint density at radius 1 is 1.36 bits per heavy atom. The van der Waals surface area contributed by atoms with Crippen molar-refractivity contribution in [1.82, 2.24) is 9.47 Å². The number of hydrogen-bond acceptors (Lipinski definition) is 6. The lowest BCUT2D eigenvalue weighted by atomic mass is 10.3. The average Bonchev–Trinajstić information content (AvgIpc) is 2.81. The van der Waals surface area contributed by atoms with Gasteiger partial charge < -0.3 is 9.64 Å². The molecule has 1 aromatic rings. The molecule has 0 aliphatic rings. The molecule has 120 valence electrons. The number of esters is 1. The van der Waals surface area contributed by atoms with Crippen LogP contribution in [0.25, 0.3) is 11.8 Å². The van der Waals surface area contributed by atoms with Crippen molar-refractivity contribution in [2.45, 2.75) is 34.2 Å². The third kappa shape index (κ3) is 3.77. The van der Waals surface area contributed by atoms with Crippen LogP contribution in [0.15, 0.2) is 4.79 Å². The van der Waals surface area contributed by atoms with Crippen LogP contribution in [0.5, 0.6) is 0 Å². The standard InChI is InChI=1S/C15H21N3O3S/c1-5-17(6-2)10-12-13(19)18(7-3)14(22-12)11(9-16)15(20)21-8-4/h10H,5-8H2,1-4H3/b12-10-,14-11-. The lowest BCUT2D eigenvalue weighted by Gasteiger charge is -2.13. The van der Waals surface area contributed by atoms with Crippen molar-refractivity contribution in [3.63, 3.8) is 0 Å². The molecule has 1 heterocycles. The van der Waals surface area contributed by atoms with Crippen molar-refractivity contribution >= 4 is 29.1 Å². The molecular weight excluding hydrogens is 302 g/mol. The van der Waals surface area contributed by atoms with Gasteiger partial charge in [0, 0.05) is 25.8 Å². The largest absolute Gasteiger partial charge is 0.462 e. The summed E-state index contributed by atoms with van der Waals surface area (Å²) in [7, 11) is 0. The van der Waals surface area contributed by atoms with Crippen LogP contribution in [0, 0.1) is 11.3 Å². The van der Waals surface area contributed by atoms with Crippen LogP contribution >= 0.6 is 11.3 Å². The summed E-state index contributed by atoms with van der Waals surface area (Å²) in [6, 6.07) is 1.86. The Bertz CT molecular complexity index is 736. The zero-order valence-electron chi connectivity index (χ0n) is 13.4. The number of thiazole rings is 1. The fourth-order valence-electron chi connectivity index (χ4n) is 1.94. The Kier molecular flexibility index (Phi) is 6.86. The molecule has 0 aliphatic heterocycles. The van der Waals surface area contributed by atoms with Crippen molar-refractivity contribution in [3.8, 4) is 6.07 Å². The fraction of sp³-hybridized carbons (Fsp3) is 0.533. The van der Waals surface area contributed by atoms with E-state index >= 15 is 0 Å². The molecule has 0 spiro atoms. The number of hydrogen-bond donors (Lipinski definition) is 0. The lowest BCUT2D eigenvalue weighted by molar-refractivity contribution is -0.136. The number of aromatic nitrogens is 1. The first-order chi connectivity index (χ1) is 10.5. The molecule has 0 fully saturated rings. The molecule has 6 nitrogen and oxygen atoms in total. The lowest BCUT2D eigenvalue weighted by Crippen LogP contribution is -2.33. The molecular formula is C15H21N3O3S. The second kappa shape index (κ2) is 8.39. The van der Waals surface area contributed by atoms with Crippen LogP contribution in [-0.4, -0.2) is 35.1 Å². The molecule has 22 heavy (non-hydrogen) atoms. The predicted octanol–water partition coefficient (Wildman–Crippen LogP) is 0.247. The van der Waals surface area contributed by atoms with Crippen LogP contribution < -0.4 is 14.8 Å². The summed E-state index contributed by atoms with van der Waals surface area (Å²) < 4.78 is 7.20. The van der Waals surface area contributed by atoms with Crippen LogP contribution in [-0.2, 0) is 16.1 Å². The SMILES string of the molecule is CCOC(=O)/C(C#N)=c1\s/c(=C\N(CC)CC)c(=O)n1CC. The highest BCUT2D eigenvalue weighted by Gasteiger charge is 2.16. The summed E-state index contributed by atoms with van der Waals surface area (Å²) in [6.07, 6.45) is 1.78. The number of nitriles is 1. The van der Waals surface area contributed by atoms with Crippen LogP contribution in [0.3, 0.4) is 0 Å². The smallest absolute Gasteiger partial charge is 0.351 e. The molecule has 0 aliphatic carbocycles. The van der Waals surface area contributed by atoms with E-state index in [-0.39, 0.29) is 17.7 Å². The average molecular weight is 323 g/mol. The van der Waals surface area contributed by atoms with Crippen molar-refractivity contribution < 1.29 is 9.53 Å². The van der Waals surface area contributed by atoms with E-state index in [0.717, 1.165) is 24.4 Å². The summed E-state index contributed by atoms with van der Waals surface area (Å²) in [5.74, 6) is -0.692. The zero-order valence-corrected chi connectivity index (χ0v) is 14.2. The number of ether oxygens (including phenoxy) is 1. The number of carbonyl (C=O) groups excluding carboxylic acids is 1. The molecule has 7 heteroatoms. The third-order valence-electron chi connectivity index (χ3n) is 3.14. The first-order valence-corrected chi connectivity index (χ1v) is 8.12. The van der Waals surface area contributed by atoms with Gasteiger partial charge in [0.25, 0.3) is 5.56 Å². The number of rotatable bonds is 6. The second-order valence-corrected chi connectivity index (χ2v) is 5.41. The van der Waals surface area contributed by atoms with Crippen molar-refractivity contribution in [2.24, 2.45) is 0 Å². The minimum absolute atomic E-state index is 0.120. The van der Waals surface area contributed by atoms with Crippen LogP contribution in [0.2, 0.25) is 0 Å². The quantitative estimate of drug-likeness (QED) is 0.701. The Morgan fingerprint density at radius 2 is 2.00 bits per heavy atom. The van der Waals surface area contributed by atoms with Gasteiger partial charge in [-0.1, -0.05) is 0 Å². The van der Waals surface area contributed by atoms with Gasteiger partial charge >= 0.3 is 5.97 Å². The zero-order chi connectivity index (χ0) is 16.7. The van der Waals surface area contributed by atoms with Gasteiger partial charge in [0.15, 0.2) is 5.57 Å². The maximum absolute atomic E-state index is 12.4. The van der Waals surface area contributed by atoms with E-state index in [1.165, 1.54) is 4.57 Å². The van der Waals surface area contributed by atoms with E-state index in [1.807, 2.05) is 24.8 Å². The molecule has 0 aromatic carbocycles. The summed E-state index contributed by atoms with van der Waals surface area (Å²) in [5, 5.41) is 9.25. The van der Waals surface area contributed by atoms with E-state index in [4.69, 9.17) is 4.74 Å². The summed E-state index contributed by atoms with van der Waals surface area (Å²) in [4.78, 5) is 26.3. The molecule has 0 atom stereocenters. The summed E-state index contributed by atoms with van der Waals surface area (Å²) >= 11 is 1.15. The molecule has 0 saturated carbocycles. The van der Waals surface area contributed by atoms with Crippen LogP contribution in [0.4, 0.5) is 0 Å². The van der Waals surface area contributed by atoms with Crippen molar-refractivity contribution in [3.05, 3.63) is 19.5 Å². The van der Waals surface area contributed by atoms with Gasteiger partial charge in [0.2, 0.25) is 0 Å². The van der Waals surface area contributed by atoms with Gasteiger partial charge in [-0.05, 0) is 27.7 Å². The molecule has 0 N–H and O–H groups in total. The predicted molar refractivity (Wildman–Crippen MR) is 86.5 cm³/mol. The van der Waals surface area contributed by atoms with Gasteiger partial charge in [0.05, 0.1) is 6.61 Å². The maximum atomic E-state index is 12.4. The Morgan fingerprint density at radius 3 is 2.45 bits per heavy atom. The van der Waals surface area contributed by atoms with Crippen molar-refractivity contribution in [1.29, 1.82) is 5.26 Å². The topological polar surface area (TPSA) is 75.3 Å². The molecule has 0 amide bonds. The second-order valence-electron chi connectivity index (χ2n) is 4.38. The molecule has 0 saturated heterocycles. The Labute approximate surface area is 133 Å². The highest BCUT2D eigenvalue weighted by atomic mass is 32.1. The van der Waals surface area contributed by atoms with Gasteiger partial charge in [-0.25, -0.2) is 4.79 Å². The first-order valence-electron chi connectivity index (χ1n) is 7.30. The van der Waals surface area contributed by atoms with Crippen LogP contribution in [0.1, 0.15) is 27.7 Å². The molecule has 0 radical (unpaired) electrons. The molecule has 1 rings (SSSR count). The normalized spacial score (nSPS) is 12.8. The number of carbonyl (C=O) groups is 1. The van der Waals surface area contributed by atoms with Gasteiger partial charge in [-0.3, -0.25) is 9.36 Å². The highest BCUT2D eigenvalue weighted by molar-refractivity contribution is 7.07. The van der Waals surface area contributed by atoms with E-state index < -0.39 is 5.97 Å². The molecule has 0 unspecified atom stereocenters. The minimum atomic E-state index is -0.692. The van der Waals surface area contributed by atoms with E-state index in [1.54, 1.807) is 20.0 Å². The fourth-order valence-corrected chi connectivity index (χ4v) is 3.10. The summed E-state index contributed by atoms with van der Waals surface area (Å²) in [6.45, 7) is 9.61. The summed E-state index contributed by atoms with van der Waals surface area (Å²) in [5.41, 5.74) is -0.309. The van der Waals surface area contributed by atoms with Gasteiger partial charge in [0.1, 0.15) is 15.3 Å². The van der Waals surface area contributed by atoms with Crippen molar-refractivity contribution in [2.75, 3.05) is 19.7 Å². The van der Waals surface area contributed by atoms with E-state index in [2.05, 4.69) is 0 Å². The first kappa shape index (κ1) is 18.0. The molecule has 0 bridgehead atoms. The van der Waals surface area contributed by atoms with E-state index in [9.17, 15) is 14.9 Å². The van der Waals surface area contributed by atoms with E-state index in [0.29, 0.717) is 15.7 Å². The monoisotopic (exact) mass is 323 g/mol. The van der Waals surface area contributed by atoms with Gasteiger partial charge in [-0.2, -0.15) is 5.26 Å². The Balaban J connectivity index is 3.67. The minimum Gasteiger partial charge on any atom is -0.462 e.